The number of aliphatic hydroxyl groups is 1. The first-order chi connectivity index (χ1) is 19.0. The molecule has 204 valence electrons. The van der Waals surface area contributed by atoms with Crippen molar-refractivity contribution in [3.63, 3.8) is 0 Å². The van der Waals surface area contributed by atoms with Gasteiger partial charge in [-0.15, -0.1) is 0 Å². The molecule has 2 atom stereocenters. The highest BCUT2D eigenvalue weighted by Crippen LogP contribution is 2.35. The van der Waals surface area contributed by atoms with Gasteiger partial charge in [0.05, 0.1) is 6.61 Å². The van der Waals surface area contributed by atoms with E-state index < -0.39 is 24.3 Å². The summed E-state index contributed by atoms with van der Waals surface area (Å²) in [7, 11) is 0. The molecule has 3 aromatic carbocycles. The van der Waals surface area contributed by atoms with E-state index in [1.165, 1.54) is 6.08 Å². The van der Waals surface area contributed by atoms with Gasteiger partial charge in [-0.25, -0.2) is 9.59 Å². The van der Waals surface area contributed by atoms with Crippen LogP contribution in [-0.4, -0.2) is 48.4 Å². The van der Waals surface area contributed by atoms with E-state index in [1.807, 2.05) is 18.2 Å². The summed E-state index contributed by atoms with van der Waals surface area (Å²) in [4.78, 5) is 24.1. The molecule has 1 aliphatic rings. The van der Waals surface area contributed by atoms with Gasteiger partial charge in [-0.2, -0.15) is 0 Å². The van der Waals surface area contributed by atoms with Crippen LogP contribution in [0, 0.1) is 0 Å². The van der Waals surface area contributed by atoms with Crippen molar-refractivity contribution in [1.82, 2.24) is 0 Å². The molecule has 10 heteroatoms. The molecule has 0 spiro atoms. The van der Waals surface area contributed by atoms with E-state index in [2.05, 4.69) is 5.32 Å². The van der Waals surface area contributed by atoms with Crippen LogP contribution in [-0.2, 0) is 9.53 Å². The highest BCUT2D eigenvalue weighted by molar-refractivity contribution is 5.85. The minimum Gasteiger partial charge on any atom is -0.491 e. The maximum Gasteiger partial charge on any atom is 0.412 e. The van der Waals surface area contributed by atoms with Gasteiger partial charge in [-0.1, -0.05) is 36.4 Å². The van der Waals surface area contributed by atoms with Crippen molar-refractivity contribution in [2.75, 3.05) is 25.3 Å². The number of aliphatic hydroxyl groups excluding tert-OH is 1. The summed E-state index contributed by atoms with van der Waals surface area (Å²) >= 11 is 0. The van der Waals surface area contributed by atoms with E-state index in [1.54, 1.807) is 54.6 Å². The average molecular weight is 536 g/mol. The number of ether oxygens (including phenoxy) is 5. The first kappa shape index (κ1) is 27.3. The number of carboxylic acid groups (broad SMARTS) is 1. The molecule has 1 aliphatic heterocycles. The van der Waals surface area contributed by atoms with Gasteiger partial charge in [-0.3, -0.25) is 5.32 Å². The molecule has 0 saturated heterocycles. The van der Waals surface area contributed by atoms with Crippen molar-refractivity contribution < 1.29 is 43.5 Å². The lowest BCUT2D eigenvalue weighted by molar-refractivity contribution is -0.131. The summed E-state index contributed by atoms with van der Waals surface area (Å²) in [5, 5.41) is 20.8. The quantitative estimate of drug-likeness (QED) is 0.260. The molecule has 0 fully saturated rings. The molecule has 3 aromatic rings. The molecule has 1 heterocycles. The third kappa shape index (κ3) is 8.14. The van der Waals surface area contributed by atoms with Crippen LogP contribution in [0.2, 0.25) is 0 Å². The Kier molecular flexibility index (Phi) is 9.63. The second kappa shape index (κ2) is 13.7. The van der Waals surface area contributed by atoms with Crippen LogP contribution in [0.4, 0.5) is 10.5 Å². The molecule has 4 rings (SSSR count). The van der Waals surface area contributed by atoms with Crippen LogP contribution in [0.3, 0.4) is 0 Å². The number of rotatable bonds is 13. The number of para-hydroxylation sites is 1. The van der Waals surface area contributed by atoms with E-state index in [0.29, 0.717) is 47.1 Å². The minimum atomic E-state index is -1.06. The van der Waals surface area contributed by atoms with Crippen LogP contribution >= 0.6 is 0 Å². The van der Waals surface area contributed by atoms with E-state index >= 15 is 0 Å². The number of carbonyl (C=O) groups is 2. The minimum absolute atomic E-state index is 0.101. The lowest BCUT2D eigenvalue weighted by Crippen LogP contribution is -2.31. The van der Waals surface area contributed by atoms with Gasteiger partial charge in [0.2, 0.25) is 6.79 Å². The number of anilines is 1. The van der Waals surface area contributed by atoms with E-state index in [0.717, 1.165) is 6.08 Å². The van der Waals surface area contributed by atoms with Gasteiger partial charge in [0.1, 0.15) is 24.2 Å². The number of nitrogens with one attached hydrogen (secondary N) is 1. The Balaban J connectivity index is 1.60. The summed E-state index contributed by atoms with van der Waals surface area (Å²) in [5.74, 6) is 1.07. The highest BCUT2D eigenvalue weighted by atomic mass is 16.7. The molecule has 1 amide bonds. The Bertz CT molecular complexity index is 1280. The van der Waals surface area contributed by atoms with Gasteiger partial charge in [0.15, 0.2) is 17.6 Å². The molecule has 0 aliphatic carbocycles. The number of carboxylic acids is 1. The zero-order valence-electron chi connectivity index (χ0n) is 21.0. The van der Waals surface area contributed by atoms with E-state index in [9.17, 15) is 9.59 Å². The molecule has 39 heavy (non-hydrogen) atoms. The molecule has 0 aromatic heterocycles. The van der Waals surface area contributed by atoms with E-state index in [4.69, 9.17) is 33.9 Å². The van der Waals surface area contributed by atoms with Gasteiger partial charge in [0.25, 0.3) is 0 Å². The zero-order valence-corrected chi connectivity index (χ0v) is 21.0. The molecule has 0 unspecified atom stereocenters. The first-order valence-corrected chi connectivity index (χ1v) is 12.3. The fourth-order valence-electron chi connectivity index (χ4n) is 3.93. The Morgan fingerprint density at radius 2 is 1.77 bits per heavy atom. The molecule has 3 N–H and O–H groups in total. The van der Waals surface area contributed by atoms with Gasteiger partial charge < -0.3 is 33.9 Å². The Hall–Kier alpha value is -4.70. The predicted molar refractivity (Wildman–Crippen MR) is 141 cm³/mol. The Morgan fingerprint density at radius 3 is 2.56 bits per heavy atom. The number of hydrogen-bond donors (Lipinski definition) is 3. The van der Waals surface area contributed by atoms with Gasteiger partial charge in [0, 0.05) is 17.8 Å². The molecule has 0 bridgehead atoms. The summed E-state index contributed by atoms with van der Waals surface area (Å²) in [6.45, 7) is 0.0517. The topological polar surface area (TPSA) is 133 Å². The smallest absolute Gasteiger partial charge is 0.412 e. The number of hydrogen-bond acceptors (Lipinski definition) is 8. The summed E-state index contributed by atoms with van der Waals surface area (Å²) in [5.41, 5.74) is 1.04. The van der Waals surface area contributed by atoms with Crippen LogP contribution in [0.15, 0.2) is 84.9 Å². The fourth-order valence-corrected chi connectivity index (χ4v) is 3.93. The summed E-state index contributed by atoms with van der Waals surface area (Å²) in [6.07, 6.45) is 0.940. The monoisotopic (exact) mass is 535 g/mol. The number of aliphatic carboxylic acids is 1. The predicted octanol–water partition coefficient (Wildman–Crippen LogP) is 4.94. The van der Waals surface area contributed by atoms with Crippen LogP contribution in [0.25, 0.3) is 0 Å². The number of benzene rings is 3. The lowest BCUT2D eigenvalue weighted by Gasteiger charge is -2.28. The SMILES string of the molecule is O=C(O)/C=C/CC[C@H](Oc1ccccc1)[C@@H](OC(=O)Nc1ccc2c(c1)OCO2)c1cccc(OCCO)c1. The molecule has 0 radical (unpaired) electrons. The molecular weight excluding hydrogens is 506 g/mol. The third-order valence-electron chi connectivity index (χ3n) is 5.65. The fraction of sp³-hybridized carbons (Fsp3) is 0.241. The van der Waals surface area contributed by atoms with Crippen molar-refractivity contribution in [3.8, 4) is 23.0 Å². The number of carbonyl (C=O) groups excluding carboxylic acids is 1. The number of fused-ring (bicyclic) bond motifs is 1. The standard InChI is InChI=1S/C29H29NO9/c31-15-16-35-23-10-6-7-20(17-23)28(39-29(34)30-21-13-14-24-26(18-21)37-19-36-24)25(11-4-5-12-27(32)33)38-22-8-2-1-3-9-22/h1-3,5-10,12-14,17-18,25,28,31H,4,11,15-16,19H2,(H,30,34)(H,32,33)/b12-5+/t25-,28-/m0/s1. The van der Waals surface area contributed by atoms with Crippen molar-refractivity contribution in [3.05, 3.63) is 90.5 Å². The molecule has 10 nitrogen and oxygen atoms in total. The third-order valence-corrected chi connectivity index (χ3v) is 5.65. The normalized spacial score (nSPS) is 13.5. The van der Waals surface area contributed by atoms with Crippen LogP contribution in [0.1, 0.15) is 24.5 Å². The second-order valence-corrected chi connectivity index (χ2v) is 8.45. The van der Waals surface area contributed by atoms with Crippen molar-refractivity contribution in [2.24, 2.45) is 0 Å². The van der Waals surface area contributed by atoms with Crippen LogP contribution < -0.4 is 24.3 Å². The van der Waals surface area contributed by atoms with Crippen molar-refractivity contribution in [2.45, 2.75) is 25.0 Å². The largest absolute Gasteiger partial charge is 0.491 e. The molecule has 0 saturated carbocycles. The zero-order chi connectivity index (χ0) is 27.5. The Labute approximate surface area is 225 Å². The second-order valence-electron chi connectivity index (χ2n) is 8.45. The Morgan fingerprint density at radius 1 is 0.974 bits per heavy atom. The van der Waals surface area contributed by atoms with Crippen LogP contribution in [0.5, 0.6) is 23.0 Å². The lowest BCUT2D eigenvalue weighted by atomic mass is 9.99. The maximum atomic E-state index is 13.1. The number of amides is 1. The molecular formula is C29H29NO9. The van der Waals surface area contributed by atoms with Crippen molar-refractivity contribution in [1.29, 1.82) is 0 Å². The number of allylic oxidation sites excluding steroid dienone is 1. The summed E-state index contributed by atoms with van der Waals surface area (Å²) < 4.78 is 28.5. The summed E-state index contributed by atoms with van der Waals surface area (Å²) in [6, 6.07) is 21.0. The average Bonchev–Trinajstić information content (AvgIpc) is 3.41. The highest BCUT2D eigenvalue weighted by Gasteiger charge is 2.29. The van der Waals surface area contributed by atoms with Crippen molar-refractivity contribution >= 4 is 17.7 Å². The van der Waals surface area contributed by atoms with Gasteiger partial charge in [-0.05, 0) is 54.8 Å². The van der Waals surface area contributed by atoms with Gasteiger partial charge >= 0.3 is 12.1 Å². The van der Waals surface area contributed by atoms with E-state index in [-0.39, 0.29) is 20.0 Å². The maximum absolute atomic E-state index is 13.1. The first-order valence-electron chi connectivity index (χ1n) is 12.3.